The molecule has 182 valence electrons. The Hall–Kier alpha value is -0.260. The molecule has 0 spiro atoms. The van der Waals surface area contributed by atoms with E-state index in [1.54, 1.807) is 11.1 Å². The van der Waals surface area contributed by atoms with Gasteiger partial charge in [0.25, 0.3) is 0 Å². The molecule has 0 nitrogen and oxygen atoms in total. The van der Waals surface area contributed by atoms with E-state index in [2.05, 4.69) is 96.9 Å². The standard InChI is InChI=1S/C31H58/c1-15-17-31(14,29-23(10)21(8)27(19(5)6)25(29)12)30(13,16-2)28-22(9)20(7)26(18(3)4)24(28)11/h18,20-26,28-29H,15-17H2,1-14H3. The quantitative estimate of drug-likeness (QED) is 0.352. The topological polar surface area (TPSA) is 0 Å². The minimum Gasteiger partial charge on any atom is -0.0767 e. The fourth-order valence-corrected chi connectivity index (χ4v) is 10.3. The van der Waals surface area contributed by atoms with Gasteiger partial charge in [-0.05, 0) is 96.7 Å². The van der Waals surface area contributed by atoms with Gasteiger partial charge in [-0.1, -0.05) is 101 Å². The first-order valence-electron chi connectivity index (χ1n) is 13.9. The van der Waals surface area contributed by atoms with Crippen LogP contribution in [0.2, 0.25) is 0 Å². The van der Waals surface area contributed by atoms with Gasteiger partial charge in [0.1, 0.15) is 0 Å². The molecule has 2 aliphatic rings. The van der Waals surface area contributed by atoms with Gasteiger partial charge in [0.15, 0.2) is 0 Å². The van der Waals surface area contributed by atoms with Crippen LogP contribution in [0.4, 0.5) is 0 Å². The molecule has 0 aromatic carbocycles. The second kappa shape index (κ2) is 9.54. The molecule has 2 aliphatic carbocycles. The summed E-state index contributed by atoms with van der Waals surface area (Å²) in [6.07, 6.45) is 3.99. The van der Waals surface area contributed by atoms with Crippen LogP contribution in [0.5, 0.6) is 0 Å². The maximum atomic E-state index is 2.74. The predicted octanol–water partition coefficient (Wildman–Crippen LogP) is 9.89. The van der Waals surface area contributed by atoms with Gasteiger partial charge in [-0.2, -0.15) is 0 Å². The van der Waals surface area contributed by atoms with Crippen LogP contribution in [0, 0.1) is 70.0 Å². The molecule has 31 heavy (non-hydrogen) atoms. The van der Waals surface area contributed by atoms with Gasteiger partial charge in [-0.25, -0.2) is 0 Å². The molecule has 0 aliphatic heterocycles. The zero-order chi connectivity index (χ0) is 24.0. The second-order valence-electron chi connectivity index (χ2n) is 13.3. The molecule has 0 aromatic heterocycles. The van der Waals surface area contributed by atoms with E-state index in [0.717, 1.165) is 53.3 Å². The van der Waals surface area contributed by atoms with E-state index >= 15 is 0 Å². The van der Waals surface area contributed by atoms with Crippen molar-refractivity contribution < 1.29 is 0 Å². The summed E-state index contributed by atoms with van der Waals surface area (Å²) in [6.45, 7) is 35.6. The Labute approximate surface area is 197 Å². The lowest BCUT2D eigenvalue weighted by Gasteiger charge is -2.58. The normalized spacial score (nSPS) is 42.7. The van der Waals surface area contributed by atoms with E-state index in [1.165, 1.54) is 19.3 Å². The van der Waals surface area contributed by atoms with Crippen molar-refractivity contribution in [1.82, 2.24) is 0 Å². The molecule has 2 fully saturated rings. The van der Waals surface area contributed by atoms with Crippen LogP contribution in [-0.4, -0.2) is 0 Å². The highest BCUT2D eigenvalue weighted by molar-refractivity contribution is 5.25. The Balaban J connectivity index is 2.66. The lowest BCUT2D eigenvalue weighted by molar-refractivity contribution is -0.0986. The Morgan fingerprint density at radius 1 is 0.742 bits per heavy atom. The zero-order valence-corrected chi connectivity index (χ0v) is 23.9. The number of hydrogen-bond donors (Lipinski definition) is 0. The molecule has 0 heteroatoms. The van der Waals surface area contributed by atoms with Crippen LogP contribution in [0.1, 0.15) is 116 Å². The number of allylic oxidation sites excluding steroid dienone is 2. The molecule has 0 N–H and O–H groups in total. The van der Waals surface area contributed by atoms with Crippen molar-refractivity contribution in [2.45, 2.75) is 116 Å². The Kier molecular flexibility index (Phi) is 8.31. The maximum Gasteiger partial charge on any atom is -0.0190 e. The Morgan fingerprint density at radius 2 is 1.29 bits per heavy atom. The summed E-state index contributed by atoms with van der Waals surface area (Å²) < 4.78 is 0. The smallest absolute Gasteiger partial charge is 0.0190 e. The van der Waals surface area contributed by atoms with E-state index in [4.69, 9.17) is 0 Å². The SMILES string of the molecule is CCCC(C)(C1C(C)C(=C(C)C)C(C)C1C)C(C)(CC)C1C(C)C(C)C(C(C)C)C1C. The van der Waals surface area contributed by atoms with Gasteiger partial charge in [0.05, 0.1) is 0 Å². The molecule has 0 heterocycles. The highest BCUT2D eigenvalue weighted by Crippen LogP contribution is 2.68. The van der Waals surface area contributed by atoms with Gasteiger partial charge < -0.3 is 0 Å². The molecule has 11 atom stereocenters. The predicted molar refractivity (Wildman–Crippen MR) is 140 cm³/mol. The van der Waals surface area contributed by atoms with Crippen LogP contribution in [0.15, 0.2) is 11.1 Å². The molecule has 11 unspecified atom stereocenters. The highest BCUT2D eigenvalue weighted by atomic mass is 14.7. The largest absolute Gasteiger partial charge is 0.0767 e. The lowest BCUT2D eigenvalue weighted by Crippen LogP contribution is -2.52. The average Bonchev–Trinajstić information content (AvgIpc) is 3.03. The third-order valence-corrected chi connectivity index (χ3v) is 11.7. The fourth-order valence-electron chi connectivity index (χ4n) is 10.3. The van der Waals surface area contributed by atoms with Gasteiger partial charge in [-0.15, -0.1) is 0 Å². The zero-order valence-electron chi connectivity index (χ0n) is 23.9. The summed E-state index contributed by atoms with van der Waals surface area (Å²) in [6, 6.07) is 0. The van der Waals surface area contributed by atoms with E-state index in [-0.39, 0.29) is 0 Å². The van der Waals surface area contributed by atoms with Gasteiger partial charge in [0.2, 0.25) is 0 Å². The van der Waals surface area contributed by atoms with E-state index in [0.29, 0.717) is 16.7 Å². The van der Waals surface area contributed by atoms with Crippen LogP contribution in [0.25, 0.3) is 0 Å². The van der Waals surface area contributed by atoms with Gasteiger partial charge in [0, 0.05) is 0 Å². The van der Waals surface area contributed by atoms with E-state index < -0.39 is 0 Å². The van der Waals surface area contributed by atoms with E-state index in [9.17, 15) is 0 Å². The van der Waals surface area contributed by atoms with Crippen molar-refractivity contribution in [1.29, 1.82) is 0 Å². The maximum absolute atomic E-state index is 2.74. The average molecular weight is 431 g/mol. The van der Waals surface area contributed by atoms with E-state index in [1.807, 2.05) is 0 Å². The van der Waals surface area contributed by atoms with Crippen LogP contribution < -0.4 is 0 Å². The number of rotatable bonds is 7. The third-order valence-electron chi connectivity index (χ3n) is 11.7. The third kappa shape index (κ3) is 3.99. The molecular weight excluding hydrogens is 372 g/mol. The minimum atomic E-state index is 0.375. The molecule has 0 radical (unpaired) electrons. The second-order valence-corrected chi connectivity index (χ2v) is 13.3. The molecule has 0 saturated heterocycles. The van der Waals surface area contributed by atoms with Crippen molar-refractivity contribution in [3.8, 4) is 0 Å². The fraction of sp³-hybridized carbons (Fsp3) is 0.935. The summed E-state index contributed by atoms with van der Waals surface area (Å²) >= 11 is 0. The molecule has 0 aromatic rings. The minimum absolute atomic E-state index is 0.375. The van der Waals surface area contributed by atoms with Crippen molar-refractivity contribution in [2.75, 3.05) is 0 Å². The molecule has 0 bridgehead atoms. The van der Waals surface area contributed by atoms with Crippen LogP contribution in [0.3, 0.4) is 0 Å². The first kappa shape index (κ1) is 27.0. The van der Waals surface area contributed by atoms with Crippen molar-refractivity contribution in [2.24, 2.45) is 70.0 Å². The van der Waals surface area contributed by atoms with Crippen LogP contribution in [-0.2, 0) is 0 Å². The van der Waals surface area contributed by atoms with Crippen LogP contribution >= 0.6 is 0 Å². The van der Waals surface area contributed by atoms with Crippen molar-refractivity contribution in [3.63, 3.8) is 0 Å². The number of hydrogen-bond acceptors (Lipinski definition) is 0. The summed E-state index contributed by atoms with van der Waals surface area (Å²) in [4.78, 5) is 0. The molecule has 2 rings (SSSR count). The van der Waals surface area contributed by atoms with Gasteiger partial charge >= 0.3 is 0 Å². The first-order valence-corrected chi connectivity index (χ1v) is 13.9. The molecular formula is C31H58. The summed E-state index contributed by atoms with van der Waals surface area (Å²) in [5.41, 5.74) is 4.12. The van der Waals surface area contributed by atoms with Crippen molar-refractivity contribution in [3.05, 3.63) is 11.1 Å². The summed E-state index contributed by atoms with van der Waals surface area (Å²) in [5, 5.41) is 0. The molecule has 2 saturated carbocycles. The Bertz CT molecular complexity index is 636. The van der Waals surface area contributed by atoms with Crippen molar-refractivity contribution >= 4 is 0 Å². The Morgan fingerprint density at radius 3 is 1.65 bits per heavy atom. The summed E-state index contributed by atoms with van der Waals surface area (Å²) in [7, 11) is 0. The highest BCUT2D eigenvalue weighted by Gasteiger charge is 2.62. The molecule has 0 amide bonds. The first-order chi connectivity index (χ1) is 14.2. The summed E-state index contributed by atoms with van der Waals surface area (Å²) in [5.74, 6) is 7.93. The van der Waals surface area contributed by atoms with Gasteiger partial charge in [-0.3, -0.25) is 0 Å². The monoisotopic (exact) mass is 430 g/mol. The lowest BCUT2D eigenvalue weighted by atomic mass is 9.46.